The number of ether oxygens (including phenoxy) is 4. The zero-order chi connectivity index (χ0) is 28.5. The van der Waals surface area contributed by atoms with Gasteiger partial charge < -0.3 is 24.1 Å². The molecule has 0 unspecified atom stereocenters. The van der Waals surface area contributed by atoms with Crippen LogP contribution in [0.2, 0.25) is 0 Å². The van der Waals surface area contributed by atoms with Gasteiger partial charge in [-0.1, -0.05) is 27.4 Å². The van der Waals surface area contributed by atoms with Crippen LogP contribution in [0.1, 0.15) is 67.7 Å². The average Bonchev–Trinajstić information content (AvgIpc) is 2.94. The number of Topliss-reactive ketones (excluding diaryl/α,β-unsaturated/α-hetero) is 1. The molecule has 0 aromatic rings. The molecule has 10 heteroatoms. The lowest BCUT2D eigenvalue weighted by molar-refractivity contribution is -0.299. The van der Waals surface area contributed by atoms with Gasteiger partial charge in [-0.15, -0.1) is 0 Å². The zero-order valence-electron chi connectivity index (χ0n) is 23.1. The molecular formula is C28H38O10. The quantitative estimate of drug-likeness (QED) is 0.324. The van der Waals surface area contributed by atoms with E-state index < -0.39 is 82.5 Å². The summed E-state index contributed by atoms with van der Waals surface area (Å²) in [5.74, 6) is -4.31. The first-order chi connectivity index (χ1) is 17.5. The van der Waals surface area contributed by atoms with Crippen LogP contribution in [0, 0.1) is 34.0 Å². The summed E-state index contributed by atoms with van der Waals surface area (Å²) >= 11 is 0. The first-order valence-corrected chi connectivity index (χ1v) is 13.1. The normalized spacial score (nSPS) is 42.8. The van der Waals surface area contributed by atoms with Crippen LogP contribution < -0.4 is 0 Å². The summed E-state index contributed by atoms with van der Waals surface area (Å²) in [6.07, 6.45) is -4.38. The number of ketones is 1. The molecule has 0 aromatic heterocycles. The second-order valence-corrected chi connectivity index (χ2v) is 12.4. The maximum atomic E-state index is 14.0. The molecule has 0 radical (unpaired) electrons. The molecule has 4 aliphatic rings. The third-order valence-electron chi connectivity index (χ3n) is 9.57. The van der Waals surface area contributed by atoms with E-state index in [-0.39, 0.29) is 24.5 Å². The third-order valence-corrected chi connectivity index (χ3v) is 9.57. The van der Waals surface area contributed by atoms with Crippen molar-refractivity contribution in [2.24, 2.45) is 34.0 Å². The van der Waals surface area contributed by atoms with E-state index in [0.717, 1.165) is 0 Å². The minimum Gasteiger partial charge on any atom is -0.462 e. The summed E-state index contributed by atoms with van der Waals surface area (Å²) in [5, 5.41) is 12.0. The van der Waals surface area contributed by atoms with Gasteiger partial charge in [-0.2, -0.15) is 0 Å². The molecule has 4 saturated carbocycles. The molecule has 0 aliphatic heterocycles. The number of aliphatic hydroxyl groups excluding tert-OH is 1. The first-order valence-electron chi connectivity index (χ1n) is 13.1. The van der Waals surface area contributed by atoms with Crippen LogP contribution >= 0.6 is 0 Å². The summed E-state index contributed by atoms with van der Waals surface area (Å²) in [4.78, 5) is 63.0. The zero-order valence-corrected chi connectivity index (χ0v) is 23.1. The Balaban J connectivity index is 1.99. The minimum absolute atomic E-state index is 0.123. The van der Waals surface area contributed by atoms with Gasteiger partial charge in [-0.05, 0) is 36.2 Å². The molecule has 210 valence electrons. The summed E-state index contributed by atoms with van der Waals surface area (Å²) in [6.45, 7) is 14.6. The van der Waals surface area contributed by atoms with Gasteiger partial charge in [-0.25, -0.2) is 0 Å². The molecule has 1 spiro atoms. The monoisotopic (exact) mass is 534 g/mol. The molecule has 38 heavy (non-hydrogen) atoms. The largest absolute Gasteiger partial charge is 0.462 e. The van der Waals surface area contributed by atoms with Gasteiger partial charge in [0.2, 0.25) is 0 Å². The van der Waals surface area contributed by atoms with Gasteiger partial charge in [0, 0.05) is 44.9 Å². The van der Waals surface area contributed by atoms with Gasteiger partial charge in [0.05, 0.1) is 5.41 Å². The molecule has 2 bridgehead atoms. The maximum Gasteiger partial charge on any atom is 0.303 e. The Morgan fingerprint density at radius 3 is 1.87 bits per heavy atom. The van der Waals surface area contributed by atoms with Gasteiger partial charge in [0.1, 0.15) is 30.5 Å². The fourth-order valence-electron chi connectivity index (χ4n) is 8.95. The van der Waals surface area contributed by atoms with E-state index in [1.165, 1.54) is 27.7 Å². The van der Waals surface area contributed by atoms with E-state index in [2.05, 4.69) is 6.58 Å². The van der Waals surface area contributed by atoms with Gasteiger partial charge >= 0.3 is 23.9 Å². The van der Waals surface area contributed by atoms with Crippen molar-refractivity contribution >= 4 is 29.7 Å². The Morgan fingerprint density at radius 2 is 1.34 bits per heavy atom. The second kappa shape index (κ2) is 9.17. The highest BCUT2D eigenvalue weighted by atomic mass is 16.6. The highest BCUT2D eigenvalue weighted by molar-refractivity contribution is 6.04. The highest BCUT2D eigenvalue weighted by Gasteiger charge is 2.78. The summed E-state index contributed by atoms with van der Waals surface area (Å²) in [6, 6.07) is 0. The van der Waals surface area contributed by atoms with E-state index in [1.807, 2.05) is 20.8 Å². The smallest absolute Gasteiger partial charge is 0.303 e. The van der Waals surface area contributed by atoms with Crippen molar-refractivity contribution in [2.75, 3.05) is 0 Å². The molecule has 10 nitrogen and oxygen atoms in total. The average molecular weight is 535 g/mol. The number of rotatable bonds is 4. The summed E-state index contributed by atoms with van der Waals surface area (Å²) < 4.78 is 23.1. The Bertz CT molecular complexity index is 1090. The predicted molar refractivity (Wildman–Crippen MR) is 131 cm³/mol. The lowest BCUT2D eigenvalue weighted by Crippen LogP contribution is -2.75. The molecule has 4 rings (SSSR count). The molecule has 0 saturated heterocycles. The number of hydrogen-bond donors (Lipinski definition) is 1. The number of allylic oxidation sites excluding steroid dienone is 1. The van der Waals surface area contributed by atoms with Crippen molar-refractivity contribution in [3.05, 3.63) is 12.2 Å². The van der Waals surface area contributed by atoms with E-state index >= 15 is 0 Å². The number of aliphatic hydroxyl groups is 1. The molecular weight excluding hydrogens is 496 g/mol. The fraction of sp³-hybridized carbons (Fsp3) is 0.750. The summed E-state index contributed by atoms with van der Waals surface area (Å²) in [7, 11) is 0. The molecule has 1 N–H and O–H groups in total. The second-order valence-electron chi connectivity index (χ2n) is 12.4. The van der Waals surface area contributed by atoms with Crippen molar-refractivity contribution in [3.63, 3.8) is 0 Å². The van der Waals surface area contributed by atoms with Crippen molar-refractivity contribution in [3.8, 4) is 0 Å². The maximum absolute atomic E-state index is 14.0. The molecule has 4 fully saturated rings. The minimum atomic E-state index is -1.43. The Kier molecular flexibility index (Phi) is 6.82. The Hall–Kier alpha value is -2.75. The number of carbonyl (C=O) groups is 5. The topological polar surface area (TPSA) is 143 Å². The van der Waals surface area contributed by atoms with E-state index in [0.29, 0.717) is 12.0 Å². The van der Waals surface area contributed by atoms with Gasteiger partial charge in [-0.3, -0.25) is 24.0 Å². The lowest BCUT2D eigenvalue weighted by atomic mass is 9.38. The van der Waals surface area contributed by atoms with Crippen LogP contribution in [-0.4, -0.2) is 65.3 Å². The number of esters is 4. The van der Waals surface area contributed by atoms with Crippen LogP contribution in [0.4, 0.5) is 0 Å². The van der Waals surface area contributed by atoms with Crippen LogP contribution in [-0.2, 0) is 42.9 Å². The van der Waals surface area contributed by atoms with Crippen LogP contribution in [0.15, 0.2) is 12.2 Å². The van der Waals surface area contributed by atoms with Crippen molar-refractivity contribution in [1.29, 1.82) is 0 Å². The lowest BCUT2D eigenvalue weighted by Gasteiger charge is -2.68. The van der Waals surface area contributed by atoms with Crippen molar-refractivity contribution in [1.82, 2.24) is 0 Å². The van der Waals surface area contributed by atoms with E-state index in [1.54, 1.807) is 0 Å². The van der Waals surface area contributed by atoms with Crippen molar-refractivity contribution < 1.29 is 48.0 Å². The molecule has 0 aromatic carbocycles. The molecule has 4 aliphatic carbocycles. The SMILES string of the molecule is C=C1C(=O)[C@]23C[C@H]1C[C@@H](OC(C)=O)[C@H]2[C@]1(C)C[C@H](OC(C)=O)[C@H](OC(C)=O)C(C)(C)[C@H]1[C@@H](OC(C)=O)[C@H]3O. The highest BCUT2D eigenvalue weighted by Crippen LogP contribution is 2.72. The van der Waals surface area contributed by atoms with Crippen LogP contribution in [0.5, 0.6) is 0 Å². The standard InChI is InChI=1S/C28H38O10/c1-12-17-9-18(35-13(2)29)21-27(8)11-19(36-14(3)30)25(38-16(5)32)26(6,7)22(27)20(37-15(4)31)24(34)28(21,10-17)23(12)33/h17-22,24-25,34H,1,9-11H2,2-8H3/t17-,18-,19+,20-,21+,22-,24-,25+,27+,28+/m1/s1. The predicted octanol–water partition coefficient (Wildman–Crippen LogP) is 2.29. The number of carbonyl (C=O) groups excluding carboxylic acids is 5. The van der Waals surface area contributed by atoms with Crippen molar-refractivity contribution in [2.45, 2.75) is 98.2 Å². The third kappa shape index (κ3) is 3.98. The Morgan fingerprint density at radius 1 is 0.816 bits per heavy atom. The van der Waals surface area contributed by atoms with E-state index in [9.17, 15) is 29.1 Å². The molecule has 0 amide bonds. The number of hydrogen-bond acceptors (Lipinski definition) is 10. The summed E-state index contributed by atoms with van der Waals surface area (Å²) in [5.41, 5.74) is -3.05. The van der Waals surface area contributed by atoms with E-state index in [4.69, 9.17) is 18.9 Å². The van der Waals surface area contributed by atoms with Gasteiger partial charge in [0.25, 0.3) is 0 Å². The first kappa shape index (κ1) is 28.3. The molecule has 10 atom stereocenters. The van der Waals surface area contributed by atoms with Gasteiger partial charge in [0.15, 0.2) is 5.78 Å². The fourth-order valence-corrected chi connectivity index (χ4v) is 8.95. The van der Waals surface area contributed by atoms with Crippen LogP contribution in [0.25, 0.3) is 0 Å². The molecule has 0 heterocycles. The number of fused-ring (bicyclic) bond motifs is 3. The van der Waals surface area contributed by atoms with Crippen LogP contribution in [0.3, 0.4) is 0 Å². The Labute approximate surface area is 222 Å².